The van der Waals surface area contributed by atoms with E-state index >= 15 is 0 Å². The fourth-order valence-electron chi connectivity index (χ4n) is 1.82. The SMILES string of the molecule is O=C(O)c1ccccc1-c1ccc(Cl)cc1C(=O)Cl. The summed E-state index contributed by atoms with van der Waals surface area (Å²) in [5.74, 6) is -1.07. The molecule has 0 aliphatic heterocycles. The predicted molar refractivity (Wildman–Crippen MR) is 74.0 cm³/mol. The molecule has 0 aliphatic rings. The van der Waals surface area contributed by atoms with Crippen LogP contribution in [-0.4, -0.2) is 16.3 Å². The van der Waals surface area contributed by atoms with Crippen molar-refractivity contribution in [2.75, 3.05) is 0 Å². The van der Waals surface area contributed by atoms with Crippen LogP contribution in [0.4, 0.5) is 0 Å². The third-order valence-electron chi connectivity index (χ3n) is 2.64. The van der Waals surface area contributed by atoms with Crippen molar-refractivity contribution >= 4 is 34.4 Å². The maximum absolute atomic E-state index is 11.4. The Morgan fingerprint density at radius 3 is 2.21 bits per heavy atom. The number of carboxylic acid groups (broad SMARTS) is 1. The number of hydrogen-bond acceptors (Lipinski definition) is 2. The van der Waals surface area contributed by atoms with Crippen molar-refractivity contribution in [1.82, 2.24) is 0 Å². The highest BCUT2D eigenvalue weighted by atomic mass is 35.5. The number of carbonyl (C=O) groups excluding carboxylic acids is 1. The van der Waals surface area contributed by atoms with Crippen LogP contribution in [0.5, 0.6) is 0 Å². The maximum atomic E-state index is 11.4. The highest BCUT2D eigenvalue weighted by Crippen LogP contribution is 2.30. The van der Waals surface area contributed by atoms with Gasteiger partial charge in [0.15, 0.2) is 0 Å². The van der Waals surface area contributed by atoms with Gasteiger partial charge in [-0.25, -0.2) is 4.79 Å². The van der Waals surface area contributed by atoms with Gasteiger partial charge >= 0.3 is 5.97 Å². The molecule has 0 saturated carbocycles. The van der Waals surface area contributed by atoms with E-state index in [9.17, 15) is 9.59 Å². The fraction of sp³-hybridized carbons (Fsp3) is 0. The van der Waals surface area contributed by atoms with Gasteiger partial charge in [-0.05, 0) is 40.9 Å². The monoisotopic (exact) mass is 294 g/mol. The standard InChI is InChI=1S/C14H8Cl2O3/c15-8-5-6-10(12(7-8)13(16)17)9-3-1-2-4-11(9)14(18)19/h1-7H,(H,18,19). The van der Waals surface area contributed by atoms with Crippen molar-refractivity contribution in [2.45, 2.75) is 0 Å². The lowest BCUT2D eigenvalue weighted by Crippen LogP contribution is -2.02. The molecule has 0 saturated heterocycles. The molecule has 0 spiro atoms. The Morgan fingerprint density at radius 1 is 0.947 bits per heavy atom. The summed E-state index contributed by atoms with van der Waals surface area (Å²) in [4.78, 5) is 22.6. The number of halogens is 2. The molecule has 19 heavy (non-hydrogen) atoms. The van der Waals surface area contributed by atoms with Gasteiger partial charge in [0.05, 0.1) is 5.56 Å². The van der Waals surface area contributed by atoms with Gasteiger partial charge in [-0.15, -0.1) is 0 Å². The molecule has 2 aromatic rings. The van der Waals surface area contributed by atoms with Gasteiger partial charge in [-0.1, -0.05) is 35.9 Å². The Labute approximate surface area is 119 Å². The highest BCUT2D eigenvalue weighted by Gasteiger charge is 2.16. The van der Waals surface area contributed by atoms with E-state index in [1.807, 2.05) is 0 Å². The average Bonchev–Trinajstić information content (AvgIpc) is 2.38. The van der Waals surface area contributed by atoms with Crippen LogP contribution in [0.2, 0.25) is 5.02 Å². The first-order valence-electron chi connectivity index (χ1n) is 5.33. The van der Waals surface area contributed by atoms with Gasteiger partial charge < -0.3 is 5.11 Å². The molecule has 5 heteroatoms. The van der Waals surface area contributed by atoms with Gasteiger partial charge in [0.25, 0.3) is 5.24 Å². The summed E-state index contributed by atoms with van der Waals surface area (Å²) in [7, 11) is 0. The minimum atomic E-state index is -1.07. The van der Waals surface area contributed by atoms with Crippen molar-refractivity contribution < 1.29 is 14.7 Å². The minimum Gasteiger partial charge on any atom is -0.478 e. The topological polar surface area (TPSA) is 54.4 Å². The zero-order valence-corrected chi connectivity index (χ0v) is 11.1. The van der Waals surface area contributed by atoms with Crippen molar-refractivity contribution in [2.24, 2.45) is 0 Å². The van der Waals surface area contributed by atoms with Gasteiger partial charge in [0, 0.05) is 10.6 Å². The predicted octanol–water partition coefficient (Wildman–Crippen LogP) is 4.08. The summed E-state index contributed by atoms with van der Waals surface area (Å²) < 4.78 is 0. The third kappa shape index (κ3) is 2.78. The zero-order valence-electron chi connectivity index (χ0n) is 9.56. The molecule has 3 nitrogen and oxygen atoms in total. The number of aromatic carboxylic acids is 1. The number of benzene rings is 2. The fourth-order valence-corrected chi connectivity index (χ4v) is 2.15. The van der Waals surface area contributed by atoms with E-state index < -0.39 is 11.2 Å². The Morgan fingerprint density at radius 2 is 1.58 bits per heavy atom. The summed E-state index contributed by atoms with van der Waals surface area (Å²) in [5, 5.41) is 8.85. The van der Waals surface area contributed by atoms with Gasteiger partial charge in [-0.2, -0.15) is 0 Å². The lowest BCUT2D eigenvalue weighted by molar-refractivity contribution is 0.0697. The van der Waals surface area contributed by atoms with Gasteiger partial charge in [0.1, 0.15) is 0 Å². The second kappa shape index (κ2) is 5.43. The number of carbonyl (C=O) groups is 2. The van der Waals surface area contributed by atoms with E-state index in [0.29, 0.717) is 16.1 Å². The van der Waals surface area contributed by atoms with Gasteiger partial charge in [0.2, 0.25) is 0 Å². The van der Waals surface area contributed by atoms with Crippen molar-refractivity contribution in [3.8, 4) is 11.1 Å². The molecule has 0 amide bonds. The molecule has 96 valence electrons. The first kappa shape index (κ1) is 13.6. The minimum absolute atomic E-state index is 0.101. The van der Waals surface area contributed by atoms with Crippen LogP contribution in [0, 0.1) is 0 Å². The van der Waals surface area contributed by atoms with E-state index in [1.54, 1.807) is 30.3 Å². The van der Waals surface area contributed by atoms with Crippen LogP contribution >= 0.6 is 23.2 Å². The molecule has 0 fully saturated rings. The Hall–Kier alpha value is -1.84. The molecule has 0 aromatic heterocycles. The molecule has 0 unspecified atom stereocenters. The number of carboxylic acids is 1. The molecule has 0 aliphatic carbocycles. The van der Waals surface area contributed by atoms with E-state index in [0.717, 1.165) is 0 Å². The maximum Gasteiger partial charge on any atom is 0.336 e. The molecular formula is C14H8Cl2O3. The lowest BCUT2D eigenvalue weighted by atomic mass is 9.96. The summed E-state index contributed by atoms with van der Waals surface area (Å²) in [6, 6.07) is 11.0. The van der Waals surface area contributed by atoms with Gasteiger partial charge in [-0.3, -0.25) is 4.79 Å². The van der Waals surface area contributed by atoms with E-state index in [2.05, 4.69) is 0 Å². The smallest absolute Gasteiger partial charge is 0.336 e. The molecule has 1 N–H and O–H groups in total. The summed E-state index contributed by atoms with van der Waals surface area (Å²) in [6.07, 6.45) is 0. The molecule has 2 aromatic carbocycles. The van der Waals surface area contributed by atoms with Crippen LogP contribution in [0.1, 0.15) is 20.7 Å². The molecule has 2 rings (SSSR count). The van der Waals surface area contributed by atoms with E-state index in [-0.39, 0.29) is 11.1 Å². The van der Waals surface area contributed by atoms with Crippen molar-refractivity contribution in [3.63, 3.8) is 0 Å². The Kier molecular flexibility index (Phi) is 3.88. The van der Waals surface area contributed by atoms with Crippen LogP contribution in [0.3, 0.4) is 0 Å². The quantitative estimate of drug-likeness (QED) is 0.868. The van der Waals surface area contributed by atoms with Crippen LogP contribution in [0.15, 0.2) is 42.5 Å². The lowest BCUT2D eigenvalue weighted by Gasteiger charge is -2.09. The Bertz CT molecular complexity index is 665. The average molecular weight is 295 g/mol. The van der Waals surface area contributed by atoms with E-state index in [1.165, 1.54) is 12.1 Å². The van der Waals surface area contributed by atoms with Crippen molar-refractivity contribution in [3.05, 3.63) is 58.6 Å². The third-order valence-corrected chi connectivity index (χ3v) is 3.08. The molecular weight excluding hydrogens is 287 g/mol. The zero-order chi connectivity index (χ0) is 14.0. The van der Waals surface area contributed by atoms with Crippen LogP contribution < -0.4 is 0 Å². The second-order valence-electron chi connectivity index (χ2n) is 3.81. The summed E-state index contributed by atoms with van der Waals surface area (Å²) >= 11 is 11.3. The molecule has 0 bridgehead atoms. The largest absolute Gasteiger partial charge is 0.478 e. The number of hydrogen-bond donors (Lipinski definition) is 1. The van der Waals surface area contributed by atoms with Crippen LogP contribution in [-0.2, 0) is 0 Å². The second-order valence-corrected chi connectivity index (χ2v) is 4.59. The summed E-state index contributed by atoms with van der Waals surface area (Å²) in [5.41, 5.74) is 1.16. The summed E-state index contributed by atoms with van der Waals surface area (Å²) in [6.45, 7) is 0. The first-order valence-corrected chi connectivity index (χ1v) is 6.08. The molecule has 0 atom stereocenters. The molecule has 0 radical (unpaired) electrons. The van der Waals surface area contributed by atoms with E-state index in [4.69, 9.17) is 28.3 Å². The highest BCUT2D eigenvalue weighted by molar-refractivity contribution is 6.68. The Balaban J connectivity index is 2.72. The van der Waals surface area contributed by atoms with Crippen molar-refractivity contribution in [1.29, 1.82) is 0 Å². The number of rotatable bonds is 3. The normalized spacial score (nSPS) is 10.2. The van der Waals surface area contributed by atoms with Crippen LogP contribution in [0.25, 0.3) is 11.1 Å². The molecule has 0 heterocycles. The first-order chi connectivity index (χ1) is 9.00.